The summed E-state index contributed by atoms with van der Waals surface area (Å²) >= 11 is 13.5. The van der Waals surface area contributed by atoms with Gasteiger partial charge in [-0.1, -0.05) is 59.6 Å². The number of halogens is 2. The fourth-order valence-corrected chi connectivity index (χ4v) is 3.58. The third-order valence-corrected chi connectivity index (χ3v) is 5.53. The zero-order valence-electron chi connectivity index (χ0n) is 14.5. The van der Waals surface area contributed by atoms with Crippen molar-refractivity contribution in [2.45, 2.75) is 13.5 Å². The van der Waals surface area contributed by atoms with Crippen molar-refractivity contribution in [3.05, 3.63) is 86.0 Å². The van der Waals surface area contributed by atoms with Crippen molar-refractivity contribution in [3.63, 3.8) is 0 Å². The maximum atomic E-state index is 12.5. The molecule has 0 fully saturated rings. The Morgan fingerprint density at radius 2 is 2.00 bits per heavy atom. The first kappa shape index (κ1) is 19.5. The number of amides is 1. The summed E-state index contributed by atoms with van der Waals surface area (Å²) in [5.74, 6) is 0.572. The highest BCUT2D eigenvalue weighted by atomic mass is 35.5. The molecule has 3 aromatic rings. The highest BCUT2D eigenvalue weighted by Crippen LogP contribution is 2.30. The number of anilines is 1. The van der Waals surface area contributed by atoms with E-state index in [2.05, 4.69) is 5.32 Å². The van der Waals surface area contributed by atoms with Crippen LogP contribution >= 0.6 is 34.5 Å². The topological polar surface area (TPSA) is 38.3 Å². The van der Waals surface area contributed by atoms with Gasteiger partial charge in [-0.2, -0.15) is 0 Å². The number of carbonyl (C=O) groups excluding carboxylic acids is 1. The number of para-hydroxylation sites is 1. The Morgan fingerprint density at radius 1 is 1.19 bits per heavy atom. The first-order valence-electron chi connectivity index (χ1n) is 8.26. The number of allylic oxidation sites excluding steroid dienone is 1. The third kappa shape index (κ3) is 4.92. The Labute approximate surface area is 172 Å². The molecule has 1 amide bonds. The van der Waals surface area contributed by atoms with Gasteiger partial charge in [-0.15, -0.1) is 11.3 Å². The number of thiophene rings is 1. The van der Waals surface area contributed by atoms with Gasteiger partial charge in [0.25, 0.3) is 5.91 Å². The van der Waals surface area contributed by atoms with Gasteiger partial charge in [0.15, 0.2) is 0 Å². The van der Waals surface area contributed by atoms with Gasteiger partial charge in [-0.3, -0.25) is 4.79 Å². The van der Waals surface area contributed by atoms with E-state index in [1.54, 1.807) is 18.2 Å². The summed E-state index contributed by atoms with van der Waals surface area (Å²) in [7, 11) is 0. The van der Waals surface area contributed by atoms with Crippen LogP contribution in [-0.4, -0.2) is 5.91 Å². The molecular weight excluding hydrogens is 401 g/mol. The normalized spacial score (nSPS) is 10.9. The molecule has 0 radical (unpaired) electrons. The number of nitrogens with one attached hydrogen (secondary N) is 1. The minimum absolute atomic E-state index is 0.232. The summed E-state index contributed by atoms with van der Waals surface area (Å²) in [5.41, 5.74) is 2.43. The second-order valence-corrected chi connectivity index (χ2v) is 7.40. The van der Waals surface area contributed by atoms with E-state index >= 15 is 0 Å². The van der Waals surface area contributed by atoms with E-state index in [4.69, 9.17) is 27.9 Å². The van der Waals surface area contributed by atoms with Gasteiger partial charge < -0.3 is 10.1 Å². The number of carbonyl (C=O) groups is 1. The highest BCUT2D eigenvalue weighted by Gasteiger charge is 2.13. The van der Waals surface area contributed by atoms with Crippen molar-refractivity contribution in [1.82, 2.24) is 0 Å². The largest absolute Gasteiger partial charge is 0.488 e. The van der Waals surface area contributed by atoms with Gasteiger partial charge in [-0.25, -0.2) is 0 Å². The molecule has 0 aliphatic heterocycles. The smallest absolute Gasteiger partial charge is 0.265 e. The lowest BCUT2D eigenvalue weighted by Crippen LogP contribution is -2.10. The van der Waals surface area contributed by atoms with Crippen LogP contribution in [0.15, 0.2) is 60.0 Å². The van der Waals surface area contributed by atoms with Crippen LogP contribution in [0.4, 0.5) is 5.69 Å². The van der Waals surface area contributed by atoms with E-state index in [0.29, 0.717) is 27.2 Å². The minimum atomic E-state index is -0.232. The Morgan fingerprint density at radius 3 is 2.81 bits per heavy atom. The van der Waals surface area contributed by atoms with Crippen molar-refractivity contribution in [1.29, 1.82) is 0 Å². The predicted octanol–water partition coefficient (Wildman–Crippen LogP) is 6.92. The van der Waals surface area contributed by atoms with E-state index in [1.165, 1.54) is 11.3 Å². The maximum absolute atomic E-state index is 12.5. The van der Waals surface area contributed by atoms with Crippen molar-refractivity contribution in [2.24, 2.45) is 0 Å². The number of rotatable bonds is 6. The molecule has 0 aliphatic rings. The van der Waals surface area contributed by atoms with Crippen LogP contribution < -0.4 is 10.1 Å². The van der Waals surface area contributed by atoms with Crippen molar-refractivity contribution < 1.29 is 9.53 Å². The van der Waals surface area contributed by atoms with E-state index < -0.39 is 0 Å². The van der Waals surface area contributed by atoms with E-state index in [1.807, 2.05) is 54.8 Å². The first-order valence-corrected chi connectivity index (χ1v) is 9.89. The molecule has 3 nitrogen and oxygen atoms in total. The Kier molecular flexibility index (Phi) is 6.56. The van der Waals surface area contributed by atoms with Gasteiger partial charge in [-0.05, 0) is 36.6 Å². The Balaban J connectivity index is 1.66. The molecule has 3 rings (SSSR count). The maximum Gasteiger partial charge on any atom is 0.265 e. The van der Waals surface area contributed by atoms with Crippen LogP contribution in [0.3, 0.4) is 0 Å². The fourth-order valence-electron chi connectivity index (χ4n) is 2.44. The fraction of sp³-hybridized carbons (Fsp3) is 0.0952. The van der Waals surface area contributed by atoms with Gasteiger partial charge >= 0.3 is 0 Å². The summed E-state index contributed by atoms with van der Waals surface area (Å²) in [6.45, 7) is 2.35. The van der Waals surface area contributed by atoms with Gasteiger partial charge in [0.05, 0.1) is 20.6 Å². The summed E-state index contributed by atoms with van der Waals surface area (Å²) in [4.78, 5) is 13.0. The number of ether oxygens (including phenoxy) is 1. The van der Waals surface area contributed by atoms with E-state index in [-0.39, 0.29) is 5.91 Å². The average Bonchev–Trinajstić information content (AvgIpc) is 3.14. The van der Waals surface area contributed by atoms with Crippen LogP contribution in [0, 0.1) is 0 Å². The molecule has 0 spiro atoms. The molecule has 0 unspecified atom stereocenters. The van der Waals surface area contributed by atoms with Gasteiger partial charge in [0, 0.05) is 11.1 Å². The quantitative estimate of drug-likeness (QED) is 0.472. The molecule has 138 valence electrons. The minimum Gasteiger partial charge on any atom is -0.488 e. The first-order chi connectivity index (χ1) is 13.1. The van der Waals surface area contributed by atoms with E-state index in [0.717, 1.165) is 16.9 Å². The molecule has 0 aliphatic carbocycles. The zero-order valence-corrected chi connectivity index (χ0v) is 16.9. The summed E-state index contributed by atoms with van der Waals surface area (Å²) in [5, 5.41) is 5.42. The lowest BCUT2D eigenvalue weighted by Gasteiger charge is -2.08. The lowest BCUT2D eigenvalue weighted by atomic mass is 10.2. The molecule has 6 heteroatoms. The molecule has 0 atom stereocenters. The molecular formula is C21H17Cl2NO2S. The average molecular weight is 418 g/mol. The molecule has 1 heterocycles. The van der Waals surface area contributed by atoms with Crippen LogP contribution in [0.2, 0.25) is 10.0 Å². The van der Waals surface area contributed by atoms with Crippen LogP contribution in [0.25, 0.3) is 6.08 Å². The van der Waals surface area contributed by atoms with Crippen LogP contribution in [-0.2, 0) is 6.61 Å². The molecule has 2 aromatic carbocycles. The second-order valence-electron chi connectivity index (χ2n) is 5.70. The van der Waals surface area contributed by atoms with Crippen LogP contribution in [0.5, 0.6) is 5.75 Å². The molecule has 27 heavy (non-hydrogen) atoms. The Hall–Kier alpha value is -2.27. The molecule has 0 bridgehead atoms. The van der Waals surface area contributed by atoms with Crippen molar-refractivity contribution in [2.75, 3.05) is 5.32 Å². The zero-order chi connectivity index (χ0) is 19.2. The summed E-state index contributed by atoms with van der Waals surface area (Å²) in [6, 6.07) is 14.8. The summed E-state index contributed by atoms with van der Waals surface area (Å²) < 4.78 is 5.91. The van der Waals surface area contributed by atoms with Crippen molar-refractivity contribution >= 4 is 52.2 Å². The highest BCUT2D eigenvalue weighted by molar-refractivity contribution is 7.12. The number of hydrogen-bond donors (Lipinski definition) is 1. The van der Waals surface area contributed by atoms with Gasteiger partial charge in [0.1, 0.15) is 12.4 Å². The standard InChI is InChI=1S/C21H17Cl2NO2S/c1-2-6-15-7-3-4-10-18(15)26-12-14-11-19(27-13-14)21(25)24-17-9-5-8-16(22)20(17)23/h2-11,13H,12H2,1H3,(H,24,25)/b6-2+. The molecule has 1 aromatic heterocycles. The number of benzene rings is 2. The Bertz CT molecular complexity index is 982. The van der Waals surface area contributed by atoms with Gasteiger partial charge in [0.2, 0.25) is 0 Å². The van der Waals surface area contributed by atoms with Crippen molar-refractivity contribution in [3.8, 4) is 5.75 Å². The molecule has 0 saturated heterocycles. The third-order valence-electron chi connectivity index (χ3n) is 3.74. The van der Waals surface area contributed by atoms with Crippen LogP contribution in [0.1, 0.15) is 27.7 Å². The lowest BCUT2D eigenvalue weighted by molar-refractivity contribution is 0.103. The van der Waals surface area contributed by atoms with E-state index in [9.17, 15) is 4.79 Å². The second kappa shape index (κ2) is 9.09. The SMILES string of the molecule is C/C=C/c1ccccc1OCc1csc(C(=O)Nc2cccc(Cl)c2Cl)c1. The predicted molar refractivity (Wildman–Crippen MR) is 114 cm³/mol. The monoisotopic (exact) mass is 417 g/mol. The molecule has 1 N–H and O–H groups in total. The molecule has 0 saturated carbocycles. The number of hydrogen-bond acceptors (Lipinski definition) is 3. The summed E-state index contributed by atoms with van der Waals surface area (Å²) in [6.07, 6.45) is 3.97.